The first kappa shape index (κ1) is 13.4. The molecule has 3 aliphatic rings. The average Bonchev–Trinajstić information content (AvgIpc) is 2.70. The summed E-state index contributed by atoms with van der Waals surface area (Å²) in [6.07, 6.45) is 7.90. The quantitative estimate of drug-likeness (QED) is 0.791. The van der Waals surface area contributed by atoms with Crippen molar-refractivity contribution in [3.8, 4) is 0 Å². The maximum absolute atomic E-state index is 12.8. The lowest BCUT2D eigenvalue weighted by Gasteiger charge is -2.40. The number of piperidine rings is 1. The molecule has 4 atom stereocenters. The van der Waals surface area contributed by atoms with E-state index in [1.807, 2.05) is 0 Å². The van der Waals surface area contributed by atoms with E-state index in [0.717, 1.165) is 51.5 Å². The van der Waals surface area contributed by atoms with E-state index in [-0.39, 0.29) is 12.0 Å². The van der Waals surface area contributed by atoms with Crippen LogP contribution in [0.2, 0.25) is 0 Å². The molecule has 0 aromatic heterocycles. The van der Waals surface area contributed by atoms with Gasteiger partial charge in [-0.15, -0.1) is 0 Å². The Hall–Kier alpha value is -0.610. The second-order valence-corrected chi connectivity index (χ2v) is 6.72. The summed E-state index contributed by atoms with van der Waals surface area (Å²) >= 11 is 0. The lowest BCUT2D eigenvalue weighted by atomic mass is 9.80. The second-order valence-electron chi connectivity index (χ2n) is 6.72. The van der Waals surface area contributed by atoms with Crippen LogP contribution < -0.4 is 5.73 Å². The summed E-state index contributed by atoms with van der Waals surface area (Å²) in [7, 11) is 0. The number of carbonyl (C=O) groups excluding carboxylic acids is 1. The van der Waals surface area contributed by atoms with Crippen LogP contribution in [-0.2, 0) is 4.79 Å². The molecule has 1 saturated carbocycles. The van der Waals surface area contributed by atoms with E-state index >= 15 is 0 Å². The van der Waals surface area contributed by atoms with Crippen LogP contribution in [0.4, 0.5) is 0 Å². The zero-order chi connectivity index (χ0) is 13.4. The Morgan fingerprint density at radius 3 is 2.42 bits per heavy atom. The Morgan fingerprint density at radius 1 is 1.11 bits per heavy atom. The molecule has 4 unspecified atom stereocenters. The molecule has 0 radical (unpaired) electrons. The third kappa shape index (κ3) is 2.52. The van der Waals surface area contributed by atoms with E-state index in [0.29, 0.717) is 23.9 Å². The predicted molar refractivity (Wildman–Crippen MR) is 73.4 cm³/mol. The van der Waals surface area contributed by atoms with Crippen molar-refractivity contribution in [3.63, 3.8) is 0 Å². The van der Waals surface area contributed by atoms with Crippen LogP contribution in [-0.4, -0.2) is 40.6 Å². The summed E-state index contributed by atoms with van der Waals surface area (Å²) in [5.74, 6) is 1.09. The van der Waals surface area contributed by atoms with Gasteiger partial charge in [0.05, 0.1) is 6.10 Å². The van der Waals surface area contributed by atoms with Crippen LogP contribution in [0.1, 0.15) is 51.4 Å². The van der Waals surface area contributed by atoms with E-state index in [2.05, 4.69) is 4.90 Å². The Bertz CT molecular complexity index is 333. The number of hydrogen-bond donors (Lipinski definition) is 2. The van der Waals surface area contributed by atoms with Crippen molar-refractivity contribution < 1.29 is 9.90 Å². The smallest absolute Gasteiger partial charge is 0.226 e. The summed E-state index contributed by atoms with van der Waals surface area (Å²) in [4.78, 5) is 14.9. The minimum atomic E-state index is -0.190. The molecule has 3 fully saturated rings. The van der Waals surface area contributed by atoms with E-state index < -0.39 is 0 Å². The number of nitrogens with zero attached hydrogens (tertiary/aromatic N) is 1. The van der Waals surface area contributed by atoms with Gasteiger partial charge in [0.2, 0.25) is 5.91 Å². The molecule has 2 saturated heterocycles. The lowest BCUT2D eigenvalue weighted by molar-refractivity contribution is -0.143. The van der Waals surface area contributed by atoms with Crippen LogP contribution in [0.5, 0.6) is 0 Å². The molecular formula is C15H26N2O2. The fourth-order valence-electron chi connectivity index (χ4n) is 4.45. The molecule has 2 aliphatic heterocycles. The summed E-state index contributed by atoms with van der Waals surface area (Å²) in [6, 6.07) is 0.610. The van der Waals surface area contributed by atoms with Crippen LogP contribution in [0, 0.1) is 11.8 Å². The summed E-state index contributed by atoms with van der Waals surface area (Å²) in [5.41, 5.74) is 5.77. The number of rotatable bonds is 2. The molecule has 2 heterocycles. The zero-order valence-electron chi connectivity index (χ0n) is 11.6. The number of fused-ring (bicyclic) bond motifs is 2. The van der Waals surface area contributed by atoms with Crippen molar-refractivity contribution in [2.45, 2.75) is 69.6 Å². The molecular weight excluding hydrogens is 240 g/mol. The Balaban J connectivity index is 1.67. The minimum absolute atomic E-state index is 0.190. The van der Waals surface area contributed by atoms with Gasteiger partial charge in [-0.05, 0) is 57.4 Å². The molecule has 1 amide bonds. The number of carbonyl (C=O) groups is 1. The highest BCUT2D eigenvalue weighted by atomic mass is 16.3. The van der Waals surface area contributed by atoms with Gasteiger partial charge in [0, 0.05) is 18.0 Å². The van der Waals surface area contributed by atoms with Crippen molar-refractivity contribution >= 4 is 5.91 Å². The van der Waals surface area contributed by atoms with E-state index in [4.69, 9.17) is 5.73 Å². The molecule has 0 aromatic rings. The molecule has 3 rings (SSSR count). The topological polar surface area (TPSA) is 66.6 Å². The van der Waals surface area contributed by atoms with Gasteiger partial charge in [0.1, 0.15) is 0 Å². The Kier molecular flexibility index (Phi) is 3.81. The largest absolute Gasteiger partial charge is 0.393 e. The number of aliphatic hydroxyl groups excluding tert-OH is 1. The van der Waals surface area contributed by atoms with Crippen molar-refractivity contribution in [2.75, 3.05) is 6.54 Å². The molecule has 4 nitrogen and oxygen atoms in total. The summed E-state index contributed by atoms with van der Waals surface area (Å²) < 4.78 is 0. The van der Waals surface area contributed by atoms with Gasteiger partial charge in [0.25, 0.3) is 0 Å². The fraction of sp³-hybridized carbons (Fsp3) is 0.933. The fourth-order valence-corrected chi connectivity index (χ4v) is 4.45. The van der Waals surface area contributed by atoms with Crippen LogP contribution in [0.3, 0.4) is 0 Å². The Morgan fingerprint density at radius 2 is 1.79 bits per heavy atom. The number of amides is 1. The zero-order valence-corrected chi connectivity index (χ0v) is 11.6. The molecule has 108 valence electrons. The highest BCUT2D eigenvalue weighted by Gasteiger charge is 2.44. The molecule has 2 bridgehead atoms. The van der Waals surface area contributed by atoms with Crippen LogP contribution in [0.15, 0.2) is 0 Å². The summed E-state index contributed by atoms with van der Waals surface area (Å²) in [5, 5.41) is 9.83. The first-order valence-corrected chi connectivity index (χ1v) is 7.89. The molecule has 3 N–H and O–H groups in total. The maximum Gasteiger partial charge on any atom is 0.226 e. The van der Waals surface area contributed by atoms with E-state index in [9.17, 15) is 9.90 Å². The third-order valence-electron chi connectivity index (χ3n) is 5.43. The standard InChI is InChI=1S/C15H26N2O2/c16-9-10-2-1-3-11(6-10)15(19)17-12-4-5-13(17)8-14(18)7-12/h10-14,18H,1-9,16H2. The molecule has 0 spiro atoms. The van der Waals surface area contributed by atoms with Gasteiger partial charge in [-0.1, -0.05) is 6.42 Å². The number of nitrogens with two attached hydrogens (primary N) is 1. The van der Waals surface area contributed by atoms with E-state index in [1.165, 1.54) is 6.42 Å². The first-order valence-electron chi connectivity index (χ1n) is 7.89. The number of aliphatic hydroxyl groups is 1. The Labute approximate surface area is 115 Å². The minimum Gasteiger partial charge on any atom is -0.393 e. The maximum atomic E-state index is 12.8. The molecule has 19 heavy (non-hydrogen) atoms. The SMILES string of the molecule is NCC1CCCC(C(=O)N2C3CCC2CC(O)C3)C1. The average molecular weight is 266 g/mol. The van der Waals surface area contributed by atoms with Gasteiger partial charge in [-0.25, -0.2) is 0 Å². The molecule has 1 aliphatic carbocycles. The molecule has 4 heteroatoms. The second kappa shape index (κ2) is 5.41. The predicted octanol–water partition coefficient (Wildman–Crippen LogP) is 1.27. The van der Waals surface area contributed by atoms with Crippen molar-refractivity contribution in [1.82, 2.24) is 4.90 Å². The van der Waals surface area contributed by atoms with Gasteiger partial charge in [-0.3, -0.25) is 4.79 Å². The third-order valence-corrected chi connectivity index (χ3v) is 5.43. The highest BCUT2D eigenvalue weighted by molar-refractivity contribution is 5.80. The number of hydrogen-bond acceptors (Lipinski definition) is 3. The monoisotopic (exact) mass is 266 g/mol. The van der Waals surface area contributed by atoms with Gasteiger partial charge < -0.3 is 15.7 Å². The van der Waals surface area contributed by atoms with Crippen LogP contribution >= 0.6 is 0 Å². The van der Waals surface area contributed by atoms with Crippen molar-refractivity contribution in [1.29, 1.82) is 0 Å². The van der Waals surface area contributed by atoms with Crippen LogP contribution in [0.25, 0.3) is 0 Å². The molecule has 0 aromatic carbocycles. The highest BCUT2D eigenvalue weighted by Crippen LogP contribution is 2.39. The normalized spacial score (nSPS) is 42.4. The van der Waals surface area contributed by atoms with Gasteiger partial charge >= 0.3 is 0 Å². The first-order chi connectivity index (χ1) is 9.19. The van der Waals surface area contributed by atoms with Gasteiger partial charge in [0.15, 0.2) is 0 Å². The van der Waals surface area contributed by atoms with Crippen molar-refractivity contribution in [3.05, 3.63) is 0 Å². The lowest BCUT2D eigenvalue weighted by Crippen LogP contribution is -2.50. The van der Waals surface area contributed by atoms with E-state index in [1.54, 1.807) is 0 Å². The summed E-state index contributed by atoms with van der Waals surface area (Å²) in [6.45, 7) is 0.718. The van der Waals surface area contributed by atoms with Crippen molar-refractivity contribution in [2.24, 2.45) is 17.6 Å². The van der Waals surface area contributed by atoms with Gasteiger partial charge in [-0.2, -0.15) is 0 Å².